The topological polar surface area (TPSA) is 35.5 Å². The third kappa shape index (κ3) is 4.92. The lowest BCUT2D eigenvalue weighted by molar-refractivity contribution is -0.116. The highest BCUT2D eigenvalue weighted by atomic mass is 28.4. The Kier molecular flexibility index (Phi) is 4.96. The Morgan fingerprint density at radius 3 is 2.39 bits per heavy atom. The fraction of sp³-hybridized carbons (Fsp3) is 0.500. The first-order valence-electron chi connectivity index (χ1n) is 6.17. The van der Waals surface area contributed by atoms with Gasteiger partial charge < -0.3 is 14.0 Å². The summed E-state index contributed by atoms with van der Waals surface area (Å²) >= 11 is 0. The highest BCUT2D eigenvalue weighted by molar-refractivity contribution is 6.70. The van der Waals surface area contributed by atoms with Crippen molar-refractivity contribution in [3.05, 3.63) is 23.8 Å². The average molecular weight is 266 g/mol. The zero-order chi connectivity index (χ0) is 13.8. The SMILES string of the molecule is COc1ccc(CCC(C)=O)cc1O[Si](C)(C)C. The minimum absolute atomic E-state index is 0.207. The predicted molar refractivity (Wildman–Crippen MR) is 76.0 cm³/mol. The Morgan fingerprint density at radius 2 is 1.89 bits per heavy atom. The van der Waals surface area contributed by atoms with Crippen LogP contribution in [0.4, 0.5) is 0 Å². The molecule has 1 aromatic carbocycles. The third-order valence-corrected chi connectivity index (χ3v) is 3.24. The molecule has 18 heavy (non-hydrogen) atoms. The van der Waals surface area contributed by atoms with Crippen LogP contribution in [0.5, 0.6) is 11.5 Å². The van der Waals surface area contributed by atoms with Gasteiger partial charge >= 0.3 is 0 Å². The maximum atomic E-state index is 11.0. The number of carbonyl (C=O) groups excluding carboxylic acids is 1. The summed E-state index contributed by atoms with van der Waals surface area (Å²) < 4.78 is 11.3. The molecule has 0 unspecified atom stereocenters. The van der Waals surface area contributed by atoms with E-state index in [1.807, 2.05) is 18.2 Å². The van der Waals surface area contributed by atoms with Crippen LogP contribution in [-0.4, -0.2) is 21.2 Å². The van der Waals surface area contributed by atoms with Crippen molar-refractivity contribution in [2.75, 3.05) is 7.11 Å². The van der Waals surface area contributed by atoms with E-state index in [0.717, 1.165) is 23.5 Å². The quantitative estimate of drug-likeness (QED) is 0.740. The standard InChI is InChI=1S/C14H22O3Si/c1-11(15)6-7-12-8-9-13(16-2)14(10-12)17-18(3,4)5/h8-10H,6-7H2,1-5H3. The third-order valence-electron chi connectivity index (χ3n) is 2.41. The number of ketones is 1. The summed E-state index contributed by atoms with van der Waals surface area (Å²) in [5.41, 5.74) is 1.11. The average Bonchev–Trinajstić information content (AvgIpc) is 2.24. The van der Waals surface area contributed by atoms with Crippen LogP contribution in [0.1, 0.15) is 18.9 Å². The number of rotatable bonds is 6. The van der Waals surface area contributed by atoms with Gasteiger partial charge in [0.15, 0.2) is 5.75 Å². The highest BCUT2D eigenvalue weighted by Crippen LogP contribution is 2.30. The molecule has 100 valence electrons. The van der Waals surface area contributed by atoms with Crippen LogP contribution in [0.25, 0.3) is 0 Å². The van der Waals surface area contributed by atoms with Crippen LogP contribution in [-0.2, 0) is 11.2 Å². The molecule has 0 spiro atoms. The number of hydrogen-bond acceptors (Lipinski definition) is 3. The van der Waals surface area contributed by atoms with Crippen LogP contribution in [0.3, 0.4) is 0 Å². The Bertz CT molecular complexity index is 422. The van der Waals surface area contributed by atoms with E-state index >= 15 is 0 Å². The van der Waals surface area contributed by atoms with Gasteiger partial charge in [0.1, 0.15) is 11.5 Å². The van der Waals surface area contributed by atoms with Gasteiger partial charge in [0.2, 0.25) is 8.32 Å². The minimum atomic E-state index is -1.66. The second kappa shape index (κ2) is 6.04. The molecule has 0 aliphatic heterocycles. The van der Waals surface area contributed by atoms with Crippen molar-refractivity contribution in [3.63, 3.8) is 0 Å². The molecule has 3 nitrogen and oxygen atoms in total. The molecule has 0 amide bonds. The first kappa shape index (κ1) is 14.8. The largest absolute Gasteiger partial charge is 0.542 e. The van der Waals surface area contributed by atoms with Gasteiger partial charge in [-0.2, -0.15) is 0 Å². The first-order valence-corrected chi connectivity index (χ1v) is 9.58. The van der Waals surface area contributed by atoms with Gasteiger partial charge in [-0.05, 0) is 50.7 Å². The predicted octanol–water partition coefficient (Wildman–Crippen LogP) is 3.43. The Labute approximate surface area is 110 Å². The lowest BCUT2D eigenvalue weighted by Gasteiger charge is -2.21. The minimum Gasteiger partial charge on any atom is -0.542 e. The van der Waals surface area contributed by atoms with Crippen LogP contribution in [0.2, 0.25) is 19.6 Å². The van der Waals surface area contributed by atoms with Gasteiger partial charge in [-0.1, -0.05) is 6.07 Å². The van der Waals surface area contributed by atoms with E-state index < -0.39 is 8.32 Å². The molecule has 0 atom stereocenters. The van der Waals surface area contributed by atoms with Crippen molar-refractivity contribution in [2.24, 2.45) is 0 Å². The number of benzene rings is 1. The maximum Gasteiger partial charge on any atom is 0.242 e. The second-order valence-corrected chi connectivity index (χ2v) is 9.83. The van der Waals surface area contributed by atoms with E-state index in [9.17, 15) is 4.79 Å². The number of carbonyl (C=O) groups is 1. The number of hydrogen-bond donors (Lipinski definition) is 0. The zero-order valence-electron chi connectivity index (χ0n) is 11.9. The van der Waals surface area contributed by atoms with Crippen LogP contribution < -0.4 is 9.16 Å². The normalized spacial score (nSPS) is 11.2. The Hall–Kier alpha value is -1.29. The maximum absolute atomic E-state index is 11.0. The molecule has 0 heterocycles. The smallest absolute Gasteiger partial charge is 0.242 e. The van der Waals surface area contributed by atoms with E-state index in [0.29, 0.717) is 6.42 Å². The summed E-state index contributed by atoms with van der Waals surface area (Å²) in [6.07, 6.45) is 1.32. The molecule has 0 radical (unpaired) electrons. The molecule has 0 saturated carbocycles. The van der Waals surface area contributed by atoms with Crippen LogP contribution in [0.15, 0.2) is 18.2 Å². The molecular formula is C14H22O3Si. The highest BCUT2D eigenvalue weighted by Gasteiger charge is 2.19. The summed E-state index contributed by atoms with van der Waals surface area (Å²) in [7, 11) is -0.0198. The zero-order valence-corrected chi connectivity index (χ0v) is 12.9. The van der Waals surface area contributed by atoms with Gasteiger partial charge in [0, 0.05) is 6.42 Å². The van der Waals surface area contributed by atoms with Crippen LogP contribution >= 0.6 is 0 Å². The fourth-order valence-corrected chi connectivity index (χ4v) is 2.43. The van der Waals surface area contributed by atoms with Crippen molar-refractivity contribution in [1.82, 2.24) is 0 Å². The summed E-state index contributed by atoms with van der Waals surface area (Å²) in [5, 5.41) is 0. The molecule has 0 saturated heterocycles. The number of aryl methyl sites for hydroxylation is 1. The van der Waals surface area contributed by atoms with Crippen molar-refractivity contribution < 1.29 is 14.0 Å². The van der Waals surface area contributed by atoms with E-state index in [1.54, 1.807) is 14.0 Å². The summed E-state index contributed by atoms with van der Waals surface area (Å²) in [4.78, 5) is 11.0. The Balaban J connectivity index is 2.91. The molecule has 0 aliphatic rings. The first-order chi connectivity index (χ1) is 8.31. The number of ether oxygens (including phenoxy) is 1. The van der Waals surface area contributed by atoms with Gasteiger partial charge in [-0.25, -0.2) is 0 Å². The lowest BCUT2D eigenvalue weighted by atomic mass is 10.1. The second-order valence-electron chi connectivity index (χ2n) is 5.40. The van der Waals surface area contributed by atoms with Gasteiger partial charge in [-0.15, -0.1) is 0 Å². The van der Waals surface area contributed by atoms with Gasteiger partial charge in [-0.3, -0.25) is 0 Å². The van der Waals surface area contributed by atoms with E-state index in [2.05, 4.69) is 19.6 Å². The van der Waals surface area contributed by atoms with Gasteiger partial charge in [0.25, 0.3) is 0 Å². The van der Waals surface area contributed by atoms with Crippen molar-refractivity contribution in [1.29, 1.82) is 0 Å². The summed E-state index contributed by atoms with van der Waals surface area (Å²) in [6.45, 7) is 8.01. The number of Topliss-reactive ketones (excluding diaryl/α,β-unsaturated/α-hetero) is 1. The molecule has 1 rings (SSSR count). The molecule has 0 aliphatic carbocycles. The fourth-order valence-electron chi connectivity index (χ4n) is 1.61. The van der Waals surface area contributed by atoms with Crippen LogP contribution in [0, 0.1) is 0 Å². The van der Waals surface area contributed by atoms with E-state index in [-0.39, 0.29) is 5.78 Å². The summed E-state index contributed by atoms with van der Waals surface area (Å²) in [6, 6.07) is 5.88. The molecule has 0 N–H and O–H groups in total. The van der Waals surface area contributed by atoms with Crippen molar-refractivity contribution >= 4 is 14.1 Å². The molecule has 0 aromatic heterocycles. The lowest BCUT2D eigenvalue weighted by Crippen LogP contribution is -2.29. The van der Waals surface area contributed by atoms with Crippen molar-refractivity contribution in [3.8, 4) is 11.5 Å². The molecule has 4 heteroatoms. The Morgan fingerprint density at radius 1 is 1.22 bits per heavy atom. The molecule has 0 bridgehead atoms. The van der Waals surface area contributed by atoms with Gasteiger partial charge in [0.05, 0.1) is 7.11 Å². The van der Waals surface area contributed by atoms with E-state index in [1.165, 1.54) is 0 Å². The summed E-state index contributed by atoms with van der Waals surface area (Å²) in [5.74, 6) is 1.75. The molecular weight excluding hydrogens is 244 g/mol. The van der Waals surface area contributed by atoms with Crippen molar-refractivity contribution in [2.45, 2.75) is 39.4 Å². The number of methoxy groups -OCH3 is 1. The monoisotopic (exact) mass is 266 g/mol. The molecule has 1 aromatic rings. The molecule has 0 fully saturated rings. The van der Waals surface area contributed by atoms with E-state index in [4.69, 9.17) is 9.16 Å².